The molecule has 0 aliphatic heterocycles. The van der Waals surface area contributed by atoms with Crippen LogP contribution in [0.5, 0.6) is 0 Å². The van der Waals surface area contributed by atoms with Crippen LogP contribution in [0.25, 0.3) is 0 Å². The highest BCUT2D eigenvalue weighted by Crippen LogP contribution is 2.06. The van der Waals surface area contributed by atoms with Crippen molar-refractivity contribution in [3.05, 3.63) is 71.3 Å². The lowest BCUT2D eigenvalue weighted by Crippen LogP contribution is -2.44. The van der Waals surface area contributed by atoms with Crippen molar-refractivity contribution >= 4 is 17.8 Å². The molecule has 142 valence electrons. The van der Waals surface area contributed by atoms with Crippen LogP contribution >= 0.6 is 0 Å². The van der Waals surface area contributed by atoms with Gasteiger partial charge in [-0.25, -0.2) is 4.79 Å². The number of esters is 2. The maximum absolute atomic E-state index is 12.1. The van der Waals surface area contributed by atoms with Crippen molar-refractivity contribution in [3.8, 4) is 0 Å². The van der Waals surface area contributed by atoms with E-state index in [-0.39, 0.29) is 12.8 Å². The van der Waals surface area contributed by atoms with Crippen LogP contribution in [0.1, 0.15) is 16.7 Å². The highest BCUT2D eigenvalue weighted by atomic mass is 16.5. The first-order chi connectivity index (χ1) is 13.0. The van der Waals surface area contributed by atoms with E-state index in [9.17, 15) is 14.4 Å². The van der Waals surface area contributed by atoms with E-state index in [2.05, 4.69) is 5.32 Å². The predicted molar refractivity (Wildman–Crippen MR) is 99.9 cm³/mol. The molecule has 0 saturated heterocycles. The zero-order valence-electron chi connectivity index (χ0n) is 15.4. The van der Waals surface area contributed by atoms with Crippen molar-refractivity contribution in [2.75, 3.05) is 13.7 Å². The molecule has 2 aromatic carbocycles. The number of methoxy groups -OCH3 is 1. The highest BCUT2D eigenvalue weighted by molar-refractivity contribution is 5.86. The summed E-state index contributed by atoms with van der Waals surface area (Å²) in [6, 6.07) is 15.9. The molecule has 27 heavy (non-hydrogen) atoms. The van der Waals surface area contributed by atoms with Gasteiger partial charge in [0.2, 0.25) is 0 Å². The zero-order chi connectivity index (χ0) is 19.6. The summed E-state index contributed by atoms with van der Waals surface area (Å²) in [6.07, 6.45) is 0.370. The third-order valence-corrected chi connectivity index (χ3v) is 3.94. The van der Waals surface area contributed by atoms with E-state index in [1.54, 1.807) is 0 Å². The van der Waals surface area contributed by atoms with Crippen molar-refractivity contribution < 1.29 is 23.9 Å². The molecule has 1 atom stereocenters. The molecular formula is C21H23NO5. The number of aryl methyl sites for hydroxylation is 1. The zero-order valence-corrected chi connectivity index (χ0v) is 15.4. The molecule has 0 heterocycles. The van der Waals surface area contributed by atoms with Gasteiger partial charge in [-0.2, -0.15) is 0 Å². The van der Waals surface area contributed by atoms with Crippen LogP contribution in [0.15, 0.2) is 54.6 Å². The molecule has 0 aliphatic carbocycles. The summed E-state index contributed by atoms with van der Waals surface area (Å²) < 4.78 is 9.74. The Labute approximate surface area is 158 Å². The summed E-state index contributed by atoms with van der Waals surface area (Å²) in [5.41, 5.74) is 2.78. The van der Waals surface area contributed by atoms with Gasteiger partial charge in [0.05, 0.1) is 13.5 Å². The second-order valence-corrected chi connectivity index (χ2v) is 6.16. The molecule has 0 bridgehead atoms. The Kier molecular flexibility index (Phi) is 7.55. The van der Waals surface area contributed by atoms with Crippen LogP contribution in [-0.2, 0) is 36.7 Å². The summed E-state index contributed by atoms with van der Waals surface area (Å²) in [5, 5.41) is 2.55. The smallest absolute Gasteiger partial charge is 0.328 e. The van der Waals surface area contributed by atoms with Crippen LogP contribution < -0.4 is 5.32 Å². The molecule has 2 rings (SSSR count). The van der Waals surface area contributed by atoms with E-state index in [1.165, 1.54) is 7.11 Å². The van der Waals surface area contributed by atoms with Gasteiger partial charge in [-0.1, -0.05) is 60.2 Å². The van der Waals surface area contributed by atoms with Gasteiger partial charge in [0, 0.05) is 6.42 Å². The fraction of sp³-hybridized carbons (Fsp3) is 0.286. The first kappa shape index (κ1) is 20.2. The van der Waals surface area contributed by atoms with Gasteiger partial charge >= 0.3 is 11.9 Å². The Morgan fingerprint density at radius 2 is 1.63 bits per heavy atom. The number of carbonyl (C=O) groups is 3. The molecule has 0 aliphatic rings. The summed E-state index contributed by atoms with van der Waals surface area (Å²) in [4.78, 5) is 35.9. The largest absolute Gasteiger partial charge is 0.467 e. The maximum Gasteiger partial charge on any atom is 0.328 e. The van der Waals surface area contributed by atoms with Crippen molar-refractivity contribution in [3.63, 3.8) is 0 Å². The molecule has 6 nitrogen and oxygen atoms in total. The van der Waals surface area contributed by atoms with Crippen LogP contribution in [-0.4, -0.2) is 37.6 Å². The lowest BCUT2D eigenvalue weighted by atomic mass is 10.1. The van der Waals surface area contributed by atoms with Crippen LogP contribution in [0.2, 0.25) is 0 Å². The van der Waals surface area contributed by atoms with E-state index in [4.69, 9.17) is 9.47 Å². The van der Waals surface area contributed by atoms with Gasteiger partial charge in [0.15, 0.2) is 6.61 Å². The minimum absolute atomic E-state index is 0.0814. The van der Waals surface area contributed by atoms with Gasteiger partial charge in [-0.05, 0) is 18.1 Å². The summed E-state index contributed by atoms with van der Waals surface area (Å²) in [6.45, 7) is 1.51. The monoisotopic (exact) mass is 369 g/mol. The van der Waals surface area contributed by atoms with Crippen molar-refractivity contribution in [2.24, 2.45) is 0 Å². The normalized spacial score (nSPS) is 11.3. The third-order valence-electron chi connectivity index (χ3n) is 3.94. The van der Waals surface area contributed by atoms with E-state index in [0.29, 0.717) is 0 Å². The average Bonchev–Trinajstić information content (AvgIpc) is 2.68. The molecule has 1 unspecified atom stereocenters. The first-order valence-electron chi connectivity index (χ1n) is 8.60. The summed E-state index contributed by atoms with van der Waals surface area (Å²) >= 11 is 0. The molecular weight excluding hydrogens is 346 g/mol. The molecule has 2 aromatic rings. The predicted octanol–water partition coefficient (Wildman–Crippen LogP) is 1.98. The molecule has 0 fully saturated rings. The van der Waals surface area contributed by atoms with Gasteiger partial charge in [-0.3, -0.25) is 9.59 Å². The van der Waals surface area contributed by atoms with E-state index < -0.39 is 30.5 Å². The lowest BCUT2D eigenvalue weighted by Gasteiger charge is -2.16. The lowest BCUT2D eigenvalue weighted by molar-refractivity contribution is -0.149. The molecule has 0 radical (unpaired) electrons. The third kappa shape index (κ3) is 6.93. The molecule has 1 N–H and O–H groups in total. The number of ether oxygens (including phenoxy) is 2. The van der Waals surface area contributed by atoms with Crippen molar-refractivity contribution in [1.29, 1.82) is 0 Å². The van der Waals surface area contributed by atoms with E-state index >= 15 is 0 Å². The molecule has 6 heteroatoms. The van der Waals surface area contributed by atoms with Crippen LogP contribution in [0.4, 0.5) is 0 Å². The molecule has 0 aromatic heterocycles. The Morgan fingerprint density at radius 3 is 2.26 bits per heavy atom. The fourth-order valence-corrected chi connectivity index (χ4v) is 2.49. The first-order valence-corrected chi connectivity index (χ1v) is 8.60. The SMILES string of the molecule is COC(=O)C(Cc1ccccc1)NC(=O)COC(=O)Cc1ccc(C)cc1. The standard InChI is InChI=1S/C21H23NO5/c1-15-8-10-17(11-9-15)13-20(24)27-14-19(23)22-18(21(25)26-2)12-16-6-4-3-5-7-16/h3-11,18H,12-14H2,1-2H3,(H,22,23). The fourth-order valence-electron chi connectivity index (χ4n) is 2.49. The minimum Gasteiger partial charge on any atom is -0.467 e. The van der Waals surface area contributed by atoms with Crippen molar-refractivity contribution in [2.45, 2.75) is 25.8 Å². The maximum atomic E-state index is 12.1. The number of hydrogen-bond donors (Lipinski definition) is 1. The van der Waals surface area contributed by atoms with Gasteiger partial charge in [0.25, 0.3) is 5.91 Å². The summed E-state index contributed by atoms with van der Waals surface area (Å²) in [7, 11) is 1.26. The molecule has 0 saturated carbocycles. The Balaban J connectivity index is 1.84. The number of rotatable bonds is 8. The van der Waals surface area contributed by atoms with Crippen molar-refractivity contribution in [1.82, 2.24) is 5.32 Å². The number of hydrogen-bond acceptors (Lipinski definition) is 5. The second-order valence-electron chi connectivity index (χ2n) is 6.16. The van der Waals surface area contributed by atoms with Crippen LogP contribution in [0, 0.1) is 6.92 Å². The average molecular weight is 369 g/mol. The van der Waals surface area contributed by atoms with Gasteiger partial charge in [-0.15, -0.1) is 0 Å². The number of nitrogens with one attached hydrogen (secondary N) is 1. The Morgan fingerprint density at radius 1 is 0.963 bits per heavy atom. The molecule has 0 spiro atoms. The number of amides is 1. The second kappa shape index (κ2) is 10.1. The van der Waals surface area contributed by atoms with E-state index in [0.717, 1.165) is 16.7 Å². The quantitative estimate of drug-likeness (QED) is 0.720. The Hall–Kier alpha value is -3.15. The van der Waals surface area contributed by atoms with Gasteiger partial charge in [0.1, 0.15) is 6.04 Å². The number of benzene rings is 2. The molecule has 1 amide bonds. The van der Waals surface area contributed by atoms with E-state index in [1.807, 2.05) is 61.5 Å². The minimum atomic E-state index is -0.847. The van der Waals surface area contributed by atoms with Gasteiger partial charge < -0.3 is 14.8 Å². The Bertz CT molecular complexity index is 771. The highest BCUT2D eigenvalue weighted by Gasteiger charge is 2.22. The van der Waals surface area contributed by atoms with Crippen LogP contribution in [0.3, 0.4) is 0 Å². The topological polar surface area (TPSA) is 81.7 Å². The number of carbonyl (C=O) groups excluding carboxylic acids is 3. The summed E-state index contributed by atoms with van der Waals surface area (Å²) in [5.74, 6) is -1.62.